The van der Waals surface area contributed by atoms with Gasteiger partial charge in [-0.1, -0.05) is 0 Å². The van der Waals surface area contributed by atoms with Crippen LogP contribution in [0.25, 0.3) is 11.2 Å². The van der Waals surface area contributed by atoms with E-state index in [0.29, 0.717) is 11.3 Å². The molecular formula is C17H23AlN4O2. The summed E-state index contributed by atoms with van der Waals surface area (Å²) < 4.78 is 7.85. The van der Waals surface area contributed by atoms with Crippen LogP contribution in [0.3, 0.4) is 0 Å². The van der Waals surface area contributed by atoms with Crippen LogP contribution in [-0.2, 0) is 17.7 Å². The van der Waals surface area contributed by atoms with Gasteiger partial charge >= 0.3 is 148 Å². The summed E-state index contributed by atoms with van der Waals surface area (Å²) in [6.07, 6.45) is 0.441. The molecule has 3 heterocycles. The second-order valence-corrected chi connectivity index (χ2v) is 8.62. The monoisotopic (exact) mass is 342 g/mol. The number of carbonyl (C=O) groups is 1. The molecule has 2 atom stereocenters. The molecule has 1 aliphatic rings. The average Bonchev–Trinajstić information content (AvgIpc) is 2.81. The topological polar surface area (TPSA) is 69.0 Å². The Kier molecular flexibility index (Phi) is 4.50. The average molecular weight is 342 g/mol. The van der Waals surface area contributed by atoms with E-state index in [-0.39, 0.29) is 26.9 Å². The SMILES string of the molecule is [CH2]=[Al][CH]1Cc2nc3ccc(C)nc3n2CC1NC(=O)OC(C)(C)C. The minimum absolute atomic E-state index is 0.000405. The summed E-state index contributed by atoms with van der Waals surface area (Å²) in [4.78, 5) is 21.5. The van der Waals surface area contributed by atoms with Gasteiger partial charge in [0.2, 0.25) is 0 Å². The first-order valence-corrected chi connectivity index (χ1v) is 9.70. The summed E-state index contributed by atoms with van der Waals surface area (Å²) in [5.74, 6) is 1.03. The van der Waals surface area contributed by atoms with Gasteiger partial charge in [0.15, 0.2) is 0 Å². The van der Waals surface area contributed by atoms with Gasteiger partial charge in [-0.2, -0.15) is 0 Å². The standard InChI is InChI=1S/C16H21N4O2.CH2.Al/c1-10-5-7-12-14(17-10)20-9-11(6-8-13(20)19-12)18-15(21)22-16(2,3)4;;/h5-7,11H,8-9H2,1-4H3,(H,18,21);1H2;. The Morgan fingerprint density at radius 3 is 2.83 bits per heavy atom. The number of amides is 1. The Morgan fingerprint density at radius 1 is 1.42 bits per heavy atom. The third-order valence-electron chi connectivity index (χ3n) is 4.13. The fraction of sp³-hybridized carbons (Fsp3) is 0.529. The van der Waals surface area contributed by atoms with Crippen molar-refractivity contribution in [1.29, 1.82) is 0 Å². The van der Waals surface area contributed by atoms with E-state index in [1.807, 2.05) is 39.8 Å². The van der Waals surface area contributed by atoms with Gasteiger partial charge in [0.1, 0.15) is 0 Å². The number of carbonyl (C=O) groups excluding carboxylic acids is 1. The van der Waals surface area contributed by atoms with E-state index in [4.69, 9.17) is 9.72 Å². The van der Waals surface area contributed by atoms with Crippen molar-refractivity contribution < 1.29 is 9.53 Å². The van der Waals surface area contributed by atoms with Crippen molar-refractivity contribution in [3.63, 3.8) is 0 Å². The summed E-state index contributed by atoms with van der Waals surface area (Å²) in [6.45, 7) is 8.24. The van der Waals surface area contributed by atoms with Crippen LogP contribution >= 0.6 is 0 Å². The molecule has 2 aromatic heterocycles. The van der Waals surface area contributed by atoms with Crippen molar-refractivity contribution in [2.45, 2.75) is 57.1 Å². The van der Waals surface area contributed by atoms with Crippen molar-refractivity contribution in [3.05, 3.63) is 23.7 Å². The number of aromatic nitrogens is 3. The normalized spacial score (nSPS) is 20.3. The second-order valence-electron chi connectivity index (χ2n) is 7.29. The van der Waals surface area contributed by atoms with Crippen LogP contribution in [0.5, 0.6) is 0 Å². The van der Waals surface area contributed by atoms with Crippen LogP contribution < -0.4 is 5.32 Å². The fourth-order valence-electron chi connectivity index (χ4n) is 3.04. The summed E-state index contributed by atoms with van der Waals surface area (Å²) in [6, 6.07) is 3.98. The summed E-state index contributed by atoms with van der Waals surface area (Å²) >= 11 is -0.0319. The van der Waals surface area contributed by atoms with Crippen molar-refractivity contribution >= 4 is 37.4 Å². The molecule has 0 saturated carbocycles. The van der Waals surface area contributed by atoms with E-state index in [0.717, 1.165) is 29.1 Å². The molecular weight excluding hydrogens is 319 g/mol. The van der Waals surface area contributed by atoms with Crippen LogP contribution in [0.4, 0.5) is 4.79 Å². The molecule has 1 aliphatic heterocycles. The molecule has 126 valence electrons. The van der Waals surface area contributed by atoms with E-state index in [2.05, 4.69) is 20.3 Å². The number of nitrogens with one attached hydrogen (secondary N) is 1. The predicted octanol–water partition coefficient (Wildman–Crippen LogP) is 2.11. The van der Waals surface area contributed by atoms with E-state index < -0.39 is 5.60 Å². The van der Waals surface area contributed by atoms with Crippen LogP contribution in [0.15, 0.2) is 12.1 Å². The number of rotatable bonds is 2. The zero-order valence-corrected chi connectivity index (χ0v) is 15.8. The van der Waals surface area contributed by atoms with Crippen LogP contribution in [0, 0.1) is 6.92 Å². The minimum atomic E-state index is -0.503. The maximum atomic E-state index is 12.2. The van der Waals surface area contributed by atoms with Gasteiger partial charge in [0.25, 0.3) is 0 Å². The van der Waals surface area contributed by atoms with Gasteiger partial charge in [0, 0.05) is 0 Å². The zero-order valence-electron chi connectivity index (χ0n) is 14.7. The Morgan fingerprint density at radius 2 is 2.17 bits per heavy atom. The van der Waals surface area contributed by atoms with Gasteiger partial charge in [-0.3, -0.25) is 0 Å². The van der Waals surface area contributed by atoms with Crippen molar-refractivity contribution in [2.75, 3.05) is 0 Å². The van der Waals surface area contributed by atoms with Crippen LogP contribution in [0.2, 0.25) is 4.78 Å². The van der Waals surface area contributed by atoms with Gasteiger partial charge in [-0.15, -0.1) is 0 Å². The summed E-state index contributed by atoms with van der Waals surface area (Å²) in [7, 11) is 0. The molecule has 0 fully saturated rings. The van der Waals surface area contributed by atoms with E-state index in [1.165, 1.54) is 0 Å². The molecule has 24 heavy (non-hydrogen) atoms. The number of pyridine rings is 1. The number of aryl methyl sites for hydroxylation is 1. The number of nitrogens with zero attached hydrogens (tertiary/aromatic N) is 3. The molecule has 1 N–H and O–H groups in total. The molecule has 1 amide bonds. The van der Waals surface area contributed by atoms with Gasteiger partial charge < -0.3 is 0 Å². The van der Waals surface area contributed by atoms with Gasteiger partial charge in [-0.25, -0.2) is 0 Å². The molecule has 0 radical (unpaired) electrons. The number of imidazole rings is 1. The molecule has 3 rings (SSSR count). The Balaban J connectivity index is 1.87. The number of fused-ring (bicyclic) bond motifs is 3. The summed E-state index contributed by atoms with van der Waals surface area (Å²) in [5.41, 5.74) is 2.26. The van der Waals surface area contributed by atoms with Gasteiger partial charge in [0.05, 0.1) is 0 Å². The number of hydrogen-bond donors (Lipinski definition) is 1. The quantitative estimate of drug-likeness (QED) is 0.849. The Hall–Kier alpha value is -1.71. The predicted molar refractivity (Wildman–Crippen MR) is 95.8 cm³/mol. The van der Waals surface area contributed by atoms with Crippen LogP contribution in [0.1, 0.15) is 32.3 Å². The maximum absolute atomic E-state index is 12.2. The molecule has 0 spiro atoms. The number of ether oxygens (including phenoxy) is 1. The molecule has 0 aromatic carbocycles. The first-order valence-electron chi connectivity index (χ1n) is 8.21. The molecule has 7 heteroatoms. The van der Waals surface area contributed by atoms with Crippen molar-refractivity contribution in [3.8, 4) is 0 Å². The number of alkyl carbamates (subject to hydrolysis) is 1. The molecule has 6 nitrogen and oxygen atoms in total. The zero-order chi connectivity index (χ0) is 17.5. The third-order valence-corrected chi connectivity index (χ3v) is 5.44. The third kappa shape index (κ3) is 3.52. The molecule has 0 aliphatic carbocycles. The van der Waals surface area contributed by atoms with E-state index >= 15 is 0 Å². The molecule has 0 saturated heterocycles. The molecule has 2 unspecified atom stereocenters. The summed E-state index contributed by atoms with van der Waals surface area (Å²) in [5, 5.41) is 7.15. The van der Waals surface area contributed by atoms with Crippen molar-refractivity contribution in [2.24, 2.45) is 0 Å². The Bertz CT molecular complexity index is 794. The van der Waals surface area contributed by atoms with E-state index in [1.54, 1.807) is 0 Å². The van der Waals surface area contributed by atoms with Crippen LogP contribution in [-0.4, -0.2) is 52.4 Å². The molecule has 2 aromatic rings. The number of hydrogen-bond acceptors (Lipinski definition) is 4. The van der Waals surface area contributed by atoms with Crippen molar-refractivity contribution in [1.82, 2.24) is 19.9 Å². The fourth-order valence-corrected chi connectivity index (χ4v) is 3.96. The Labute approximate surface area is 147 Å². The second kappa shape index (κ2) is 6.30. The first kappa shape index (κ1) is 17.1. The molecule has 0 bridgehead atoms. The van der Waals surface area contributed by atoms with E-state index in [9.17, 15) is 4.79 Å². The van der Waals surface area contributed by atoms with Gasteiger partial charge in [-0.05, 0) is 0 Å². The first-order chi connectivity index (χ1) is 11.3.